The summed E-state index contributed by atoms with van der Waals surface area (Å²) in [6, 6.07) is 5.59. The molecule has 1 fully saturated rings. The summed E-state index contributed by atoms with van der Waals surface area (Å²) in [4.78, 5) is 14.2. The van der Waals surface area contributed by atoms with Crippen molar-refractivity contribution in [3.8, 4) is 0 Å². The number of aromatic nitrogens is 1. The Kier molecular flexibility index (Phi) is 2.99. The Hall–Kier alpha value is -1.13. The molecule has 0 amide bonds. The molecule has 2 aliphatic heterocycles. The summed E-state index contributed by atoms with van der Waals surface area (Å²) in [5.74, 6) is 1.00. The van der Waals surface area contributed by atoms with Gasteiger partial charge in [0.2, 0.25) is 0 Å². The number of pyridine rings is 1. The van der Waals surface area contributed by atoms with Crippen molar-refractivity contribution in [2.45, 2.75) is 31.9 Å². The van der Waals surface area contributed by atoms with Gasteiger partial charge in [0.15, 0.2) is 0 Å². The predicted octanol–water partition coefficient (Wildman–Crippen LogP) is 0.648. The van der Waals surface area contributed by atoms with E-state index in [1.807, 2.05) is 17.6 Å². The molecule has 4 nitrogen and oxygen atoms in total. The number of nitrogens with zero attached hydrogens (tertiary/aromatic N) is 2. The first kappa shape index (κ1) is 11.9. The maximum atomic E-state index is 11.9. The third kappa shape index (κ3) is 2.10. The van der Waals surface area contributed by atoms with E-state index >= 15 is 0 Å². The van der Waals surface area contributed by atoms with E-state index in [1.54, 1.807) is 6.07 Å². The first-order valence-electron chi connectivity index (χ1n) is 6.73. The second-order valence-corrected chi connectivity index (χ2v) is 5.77. The molecular formula is C14H20N2O2. The summed E-state index contributed by atoms with van der Waals surface area (Å²) in [5.41, 5.74) is 1.31. The fourth-order valence-electron chi connectivity index (χ4n) is 3.52. The molecule has 98 valence electrons. The third-order valence-electron chi connectivity index (χ3n) is 4.08. The third-order valence-corrected chi connectivity index (χ3v) is 4.08. The van der Waals surface area contributed by atoms with Gasteiger partial charge in [0.1, 0.15) is 0 Å². The van der Waals surface area contributed by atoms with E-state index < -0.39 is 0 Å². The minimum Gasteiger partial charge on any atom is -0.392 e. The molecule has 1 N–H and O–H groups in total. The van der Waals surface area contributed by atoms with Gasteiger partial charge in [-0.05, 0) is 25.3 Å². The first-order chi connectivity index (χ1) is 8.63. The molecule has 0 aromatic carbocycles. The Labute approximate surface area is 107 Å². The summed E-state index contributed by atoms with van der Waals surface area (Å²) in [5, 5.41) is 9.51. The van der Waals surface area contributed by atoms with Crippen molar-refractivity contribution in [3.63, 3.8) is 0 Å². The van der Waals surface area contributed by atoms with Crippen LogP contribution in [0.4, 0.5) is 0 Å². The lowest BCUT2D eigenvalue weighted by Gasteiger charge is -2.43. The van der Waals surface area contributed by atoms with Gasteiger partial charge in [0, 0.05) is 43.9 Å². The van der Waals surface area contributed by atoms with Crippen LogP contribution in [-0.4, -0.2) is 40.3 Å². The van der Waals surface area contributed by atoms with E-state index in [9.17, 15) is 9.90 Å². The Morgan fingerprint density at radius 2 is 2.22 bits per heavy atom. The van der Waals surface area contributed by atoms with E-state index in [1.165, 1.54) is 12.1 Å². The van der Waals surface area contributed by atoms with Gasteiger partial charge in [0.05, 0.1) is 6.10 Å². The molecule has 2 aliphatic rings. The highest BCUT2D eigenvalue weighted by Gasteiger charge is 2.34. The molecular weight excluding hydrogens is 228 g/mol. The predicted molar refractivity (Wildman–Crippen MR) is 69.7 cm³/mol. The molecule has 18 heavy (non-hydrogen) atoms. The summed E-state index contributed by atoms with van der Waals surface area (Å²) < 4.78 is 1.94. The lowest BCUT2D eigenvalue weighted by atomic mass is 9.83. The minimum atomic E-state index is -0.276. The molecule has 1 saturated heterocycles. The van der Waals surface area contributed by atoms with Gasteiger partial charge in [-0.1, -0.05) is 6.07 Å². The number of fused-ring (bicyclic) bond motifs is 4. The van der Waals surface area contributed by atoms with E-state index in [0.29, 0.717) is 11.8 Å². The van der Waals surface area contributed by atoms with Crippen LogP contribution in [0.25, 0.3) is 0 Å². The zero-order valence-electron chi connectivity index (χ0n) is 10.7. The Morgan fingerprint density at radius 1 is 1.39 bits per heavy atom. The van der Waals surface area contributed by atoms with Crippen molar-refractivity contribution in [3.05, 3.63) is 34.2 Å². The highest BCUT2D eigenvalue weighted by atomic mass is 16.3. The number of aliphatic hydroxyl groups excluding tert-OH is 1. The molecule has 1 aromatic heterocycles. The lowest BCUT2D eigenvalue weighted by molar-refractivity contribution is 0.0700. The summed E-state index contributed by atoms with van der Waals surface area (Å²) >= 11 is 0. The van der Waals surface area contributed by atoms with Crippen molar-refractivity contribution >= 4 is 0 Å². The van der Waals surface area contributed by atoms with E-state index in [-0.39, 0.29) is 11.7 Å². The van der Waals surface area contributed by atoms with Crippen LogP contribution in [0, 0.1) is 5.92 Å². The van der Waals surface area contributed by atoms with Crippen LogP contribution in [0.2, 0.25) is 0 Å². The van der Waals surface area contributed by atoms with Gasteiger partial charge in [-0.2, -0.15) is 0 Å². The Bertz CT molecular complexity index is 495. The van der Waals surface area contributed by atoms with E-state index in [2.05, 4.69) is 11.0 Å². The maximum absolute atomic E-state index is 11.9. The Balaban J connectivity index is 1.88. The number of hydrogen-bond donors (Lipinski definition) is 1. The average Bonchev–Trinajstić information content (AvgIpc) is 2.29. The summed E-state index contributed by atoms with van der Waals surface area (Å²) in [6.07, 6.45) is 0.904. The van der Waals surface area contributed by atoms with Crippen LogP contribution in [0.3, 0.4) is 0 Å². The van der Waals surface area contributed by atoms with Crippen LogP contribution in [0.1, 0.15) is 25.0 Å². The van der Waals surface area contributed by atoms with Crippen LogP contribution in [0.15, 0.2) is 23.0 Å². The standard InChI is InChI=1S/C14H20N2O2/c1-10(17)6-15-7-11-5-12(9-15)13-3-2-4-14(18)16(13)8-11/h2-4,10-12,17H,5-9H2,1H3/t10?,11-,12-/m0/s1. The van der Waals surface area contributed by atoms with Gasteiger partial charge in [-0.3, -0.25) is 9.69 Å². The molecule has 1 aromatic rings. The number of likely N-dealkylation sites (tertiary alicyclic amines) is 1. The molecule has 2 bridgehead atoms. The first-order valence-corrected chi connectivity index (χ1v) is 6.73. The second kappa shape index (κ2) is 4.52. The fourth-order valence-corrected chi connectivity index (χ4v) is 3.52. The van der Waals surface area contributed by atoms with Crippen molar-refractivity contribution in [1.29, 1.82) is 0 Å². The van der Waals surface area contributed by atoms with Gasteiger partial charge >= 0.3 is 0 Å². The van der Waals surface area contributed by atoms with Crippen LogP contribution in [0.5, 0.6) is 0 Å². The number of β-amino-alcohol motifs (C(OH)–C–C–N with tert-alkyl or cyclic N) is 1. The molecule has 0 radical (unpaired) electrons. The second-order valence-electron chi connectivity index (χ2n) is 5.77. The molecule has 1 unspecified atom stereocenters. The number of piperidine rings is 1. The minimum absolute atomic E-state index is 0.131. The molecule has 3 rings (SSSR count). The SMILES string of the molecule is CC(O)CN1C[C@@H]2C[C@@H](C1)c1cccc(=O)n1C2. The fraction of sp³-hybridized carbons (Fsp3) is 0.643. The normalized spacial score (nSPS) is 28.8. The largest absolute Gasteiger partial charge is 0.392 e. The van der Waals surface area contributed by atoms with Crippen LogP contribution < -0.4 is 5.56 Å². The van der Waals surface area contributed by atoms with E-state index in [0.717, 1.165) is 26.2 Å². The molecule has 4 heteroatoms. The van der Waals surface area contributed by atoms with Crippen molar-refractivity contribution in [1.82, 2.24) is 9.47 Å². The van der Waals surface area contributed by atoms with Crippen LogP contribution >= 0.6 is 0 Å². The van der Waals surface area contributed by atoms with Crippen molar-refractivity contribution < 1.29 is 5.11 Å². The summed E-state index contributed by atoms with van der Waals surface area (Å²) in [6.45, 7) is 5.38. The maximum Gasteiger partial charge on any atom is 0.250 e. The average molecular weight is 248 g/mol. The lowest BCUT2D eigenvalue weighted by Crippen LogP contribution is -2.48. The molecule has 3 atom stereocenters. The van der Waals surface area contributed by atoms with Gasteiger partial charge in [-0.25, -0.2) is 0 Å². The summed E-state index contributed by atoms with van der Waals surface area (Å²) in [7, 11) is 0. The van der Waals surface area contributed by atoms with Crippen molar-refractivity contribution in [2.75, 3.05) is 19.6 Å². The monoisotopic (exact) mass is 248 g/mol. The van der Waals surface area contributed by atoms with Crippen LogP contribution in [-0.2, 0) is 6.54 Å². The Morgan fingerprint density at radius 3 is 3.00 bits per heavy atom. The van der Waals surface area contributed by atoms with Gasteiger partial charge in [0.25, 0.3) is 5.56 Å². The highest BCUT2D eigenvalue weighted by molar-refractivity contribution is 5.16. The molecule has 0 spiro atoms. The number of aliphatic hydroxyl groups is 1. The van der Waals surface area contributed by atoms with Gasteiger partial charge in [-0.15, -0.1) is 0 Å². The number of hydrogen-bond acceptors (Lipinski definition) is 3. The van der Waals surface area contributed by atoms with Crippen molar-refractivity contribution in [2.24, 2.45) is 5.92 Å². The smallest absolute Gasteiger partial charge is 0.250 e. The molecule has 3 heterocycles. The molecule has 0 saturated carbocycles. The highest BCUT2D eigenvalue weighted by Crippen LogP contribution is 2.34. The van der Waals surface area contributed by atoms with Gasteiger partial charge < -0.3 is 9.67 Å². The molecule has 0 aliphatic carbocycles. The quantitative estimate of drug-likeness (QED) is 0.836. The van der Waals surface area contributed by atoms with E-state index in [4.69, 9.17) is 0 Å². The number of rotatable bonds is 2. The topological polar surface area (TPSA) is 45.5 Å². The zero-order valence-corrected chi connectivity index (χ0v) is 10.7. The zero-order chi connectivity index (χ0) is 12.7.